The van der Waals surface area contributed by atoms with Gasteiger partial charge in [-0.25, -0.2) is 0 Å². The third kappa shape index (κ3) is 5.40. The maximum absolute atomic E-state index is 12.0. The molecule has 0 unspecified atom stereocenters. The van der Waals surface area contributed by atoms with Gasteiger partial charge in [0.25, 0.3) is 0 Å². The first-order valence-corrected chi connectivity index (χ1v) is 8.25. The van der Waals surface area contributed by atoms with E-state index >= 15 is 0 Å². The topological polar surface area (TPSA) is 106 Å². The molecule has 0 aliphatic carbocycles. The molecule has 8 heteroatoms. The van der Waals surface area contributed by atoms with E-state index in [-0.39, 0.29) is 24.2 Å². The third-order valence-electron chi connectivity index (χ3n) is 3.50. The Bertz CT molecular complexity index is 907. The Labute approximate surface area is 155 Å². The first-order valence-electron chi connectivity index (χ1n) is 8.25. The van der Waals surface area contributed by atoms with Crippen LogP contribution >= 0.6 is 0 Å². The van der Waals surface area contributed by atoms with Gasteiger partial charge in [0.15, 0.2) is 6.61 Å². The summed E-state index contributed by atoms with van der Waals surface area (Å²) in [4.78, 5) is 27.1. The van der Waals surface area contributed by atoms with Crippen molar-refractivity contribution in [3.63, 3.8) is 0 Å². The van der Waals surface area contributed by atoms with E-state index in [1.807, 2.05) is 30.3 Å². The summed E-state index contributed by atoms with van der Waals surface area (Å²) >= 11 is 0. The largest absolute Gasteiger partial charge is 0.485 e. The van der Waals surface area contributed by atoms with Crippen LogP contribution in [-0.4, -0.2) is 22.0 Å². The lowest BCUT2D eigenvalue weighted by atomic mass is 10.2. The van der Waals surface area contributed by atoms with Gasteiger partial charge in [0, 0.05) is 19.2 Å². The molecule has 3 rings (SSSR count). The summed E-state index contributed by atoms with van der Waals surface area (Å²) in [5.41, 5.74) is 1.64. The van der Waals surface area contributed by atoms with E-state index in [4.69, 9.17) is 9.26 Å². The fourth-order valence-corrected chi connectivity index (χ4v) is 2.24. The predicted octanol–water partition coefficient (Wildman–Crippen LogP) is 2.54. The Kier molecular flexibility index (Phi) is 5.78. The number of carbonyl (C=O) groups excluding carboxylic acids is 2. The van der Waals surface area contributed by atoms with Crippen molar-refractivity contribution >= 4 is 17.5 Å². The van der Waals surface area contributed by atoms with Crippen LogP contribution in [0.15, 0.2) is 59.1 Å². The van der Waals surface area contributed by atoms with Crippen molar-refractivity contribution in [2.45, 2.75) is 20.1 Å². The van der Waals surface area contributed by atoms with E-state index < -0.39 is 5.91 Å². The van der Waals surface area contributed by atoms with E-state index in [1.165, 1.54) is 6.92 Å². The fraction of sp³-hybridized carbons (Fsp3) is 0.158. The molecular weight excluding hydrogens is 348 g/mol. The Hall–Kier alpha value is -3.68. The zero-order valence-corrected chi connectivity index (χ0v) is 14.6. The lowest BCUT2D eigenvalue weighted by Gasteiger charge is -2.05. The molecule has 8 nitrogen and oxygen atoms in total. The van der Waals surface area contributed by atoms with Crippen molar-refractivity contribution in [3.8, 4) is 5.75 Å². The van der Waals surface area contributed by atoms with Crippen LogP contribution in [0, 0.1) is 0 Å². The third-order valence-corrected chi connectivity index (χ3v) is 3.50. The summed E-state index contributed by atoms with van der Waals surface area (Å²) in [6.45, 7) is 1.86. The van der Waals surface area contributed by atoms with E-state index in [0.29, 0.717) is 18.0 Å². The maximum atomic E-state index is 12.0. The normalized spacial score (nSPS) is 10.3. The maximum Gasteiger partial charge on any atom is 0.316 e. The SMILES string of the molecule is CC(=O)Nc1ccc(OCc2noc(C(=O)NCc3ccccc3)n2)cc1. The Balaban J connectivity index is 1.50. The average molecular weight is 366 g/mol. The summed E-state index contributed by atoms with van der Waals surface area (Å²) in [5.74, 6) is 0.117. The quantitative estimate of drug-likeness (QED) is 0.665. The van der Waals surface area contributed by atoms with E-state index in [9.17, 15) is 9.59 Å². The standard InChI is InChI=1S/C19H18N4O4/c1-13(24)21-15-7-9-16(10-8-15)26-12-17-22-19(27-23-17)18(25)20-11-14-5-3-2-4-6-14/h2-10H,11-12H2,1H3,(H,20,25)(H,21,24). The van der Waals surface area contributed by atoms with Gasteiger partial charge in [0.1, 0.15) is 5.75 Å². The van der Waals surface area contributed by atoms with Gasteiger partial charge in [-0.3, -0.25) is 9.59 Å². The molecule has 0 bridgehead atoms. The molecule has 2 N–H and O–H groups in total. The summed E-state index contributed by atoms with van der Waals surface area (Å²) < 4.78 is 10.5. The average Bonchev–Trinajstić information content (AvgIpc) is 3.15. The van der Waals surface area contributed by atoms with Gasteiger partial charge in [-0.15, -0.1) is 0 Å². The van der Waals surface area contributed by atoms with Gasteiger partial charge in [-0.2, -0.15) is 4.98 Å². The molecule has 0 radical (unpaired) electrons. The van der Waals surface area contributed by atoms with Gasteiger partial charge in [0.05, 0.1) is 0 Å². The minimum Gasteiger partial charge on any atom is -0.485 e. The van der Waals surface area contributed by atoms with Crippen molar-refractivity contribution in [2.75, 3.05) is 5.32 Å². The lowest BCUT2D eigenvalue weighted by Crippen LogP contribution is -2.23. The second kappa shape index (κ2) is 8.61. The second-order valence-electron chi connectivity index (χ2n) is 5.68. The molecule has 0 aliphatic heterocycles. The number of rotatable bonds is 7. The number of carbonyl (C=O) groups is 2. The predicted molar refractivity (Wildman–Crippen MR) is 97.0 cm³/mol. The van der Waals surface area contributed by atoms with E-state index in [2.05, 4.69) is 20.8 Å². The van der Waals surface area contributed by atoms with Crippen molar-refractivity contribution in [3.05, 3.63) is 71.9 Å². The zero-order valence-electron chi connectivity index (χ0n) is 14.6. The highest BCUT2D eigenvalue weighted by atomic mass is 16.5. The van der Waals surface area contributed by atoms with Gasteiger partial charge in [-0.1, -0.05) is 35.5 Å². The Morgan fingerprint density at radius 1 is 1.07 bits per heavy atom. The summed E-state index contributed by atoms with van der Waals surface area (Å²) in [6, 6.07) is 16.4. The van der Waals surface area contributed by atoms with Crippen LogP contribution in [0.1, 0.15) is 29.0 Å². The highest BCUT2D eigenvalue weighted by molar-refractivity contribution is 5.89. The van der Waals surface area contributed by atoms with Crippen molar-refractivity contribution < 1.29 is 18.8 Å². The van der Waals surface area contributed by atoms with E-state index in [1.54, 1.807) is 24.3 Å². The molecule has 27 heavy (non-hydrogen) atoms. The van der Waals surface area contributed by atoms with Crippen LogP contribution in [0.5, 0.6) is 5.75 Å². The van der Waals surface area contributed by atoms with Gasteiger partial charge < -0.3 is 19.9 Å². The van der Waals surface area contributed by atoms with Gasteiger partial charge in [0.2, 0.25) is 11.7 Å². The number of amides is 2. The fourth-order valence-electron chi connectivity index (χ4n) is 2.24. The van der Waals surface area contributed by atoms with Crippen LogP contribution in [0.25, 0.3) is 0 Å². The molecule has 2 aromatic carbocycles. The molecule has 138 valence electrons. The van der Waals surface area contributed by atoms with Crippen LogP contribution in [-0.2, 0) is 17.9 Å². The molecule has 0 atom stereocenters. The minimum atomic E-state index is -0.447. The molecule has 0 saturated heterocycles. The molecule has 0 saturated carbocycles. The smallest absolute Gasteiger partial charge is 0.316 e. The number of nitrogens with one attached hydrogen (secondary N) is 2. The number of hydrogen-bond donors (Lipinski definition) is 2. The monoisotopic (exact) mass is 366 g/mol. The zero-order chi connectivity index (χ0) is 19.1. The number of ether oxygens (including phenoxy) is 1. The van der Waals surface area contributed by atoms with Crippen LogP contribution in [0.4, 0.5) is 5.69 Å². The number of nitrogens with zero attached hydrogens (tertiary/aromatic N) is 2. The van der Waals surface area contributed by atoms with Crippen molar-refractivity contribution in [1.29, 1.82) is 0 Å². The first-order chi connectivity index (χ1) is 13.1. The molecule has 0 spiro atoms. The number of aromatic nitrogens is 2. The van der Waals surface area contributed by atoms with E-state index in [0.717, 1.165) is 5.56 Å². The first kappa shape index (κ1) is 18.1. The van der Waals surface area contributed by atoms with Crippen molar-refractivity contribution in [2.24, 2.45) is 0 Å². The summed E-state index contributed by atoms with van der Waals surface area (Å²) in [7, 11) is 0. The molecule has 3 aromatic rings. The molecular formula is C19H18N4O4. The van der Waals surface area contributed by atoms with Crippen molar-refractivity contribution in [1.82, 2.24) is 15.5 Å². The number of hydrogen-bond acceptors (Lipinski definition) is 6. The molecule has 1 aromatic heterocycles. The van der Waals surface area contributed by atoms with Gasteiger partial charge >= 0.3 is 11.8 Å². The van der Waals surface area contributed by atoms with Crippen LogP contribution in [0.3, 0.4) is 0 Å². The highest BCUT2D eigenvalue weighted by Crippen LogP contribution is 2.16. The summed E-state index contributed by atoms with van der Waals surface area (Å²) in [5, 5.41) is 9.12. The Morgan fingerprint density at radius 3 is 2.52 bits per heavy atom. The lowest BCUT2D eigenvalue weighted by molar-refractivity contribution is -0.114. The number of anilines is 1. The Morgan fingerprint density at radius 2 is 1.81 bits per heavy atom. The molecule has 1 heterocycles. The van der Waals surface area contributed by atoms with Gasteiger partial charge in [-0.05, 0) is 29.8 Å². The number of benzene rings is 2. The minimum absolute atomic E-state index is 0.0505. The van der Waals surface area contributed by atoms with Crippen LogP contribution in [0.2, 0.25) is 0 Å². The summed E-state index contributed by atoms with van der Waals surface area (Å²) in [6.07, 6.45) is 0. The molecule has 0 fully saturated rings. The molecule has 2 amide bonds. The van der Waals surface area contributed by atoms with Crippen LogP contribution < -0.4 is 15.4 Å². The highest BCUT2D eigenvalue weighted by Gasteiger charge is 2.15. The molecule has 0 aliphatic rings. The second-order valence-corrected chi connectivity index (χ2v) is 5.68.